The summed E-state index contributed by atoms with van der Waals surface area (Å²) in [6.45, 7) is 0.716. The normalized spacial score (nSPS) is 16.4. The Balaban J connectivity index is 2.32. The number of aliphatic hydroxyl groups excluding tert-OH is 1. The van der Waals surface area contributed by atoms with Gasteiger partial charge in [0.25, 0.3) is 0 Å². The number of hydrogen-bond donors (Lipinski definition) is 2. The van der Waals surface area contributed by atoms with E-state index in [9.17, 15) is 5.11 Å². The van der Waals surface area contributed by atoms with Gasteiger partial charge in [0.2, 0.25) is 0 Å². The van der Waals surface area contributed by atoms with E-state index >= 15 is 0 Å². The summed E-state index contributed by atoms with van der Waals surface area (Å²) in [5.41, 5.74) is 6.01. The molecule has 1 unspecified atom stereocenters. The molecule has 0 bridgehead atoms. The van der Waals surface area contributed by atoms with Crippen LogP contribution in [0.1, 0.15) is 24.5 Å². The fourth-order valence-corrected chi connectivity index (χ4v) is 2.05. The van der Waals surface area contributed by atoms with Gasteiger partial charge in [-0.2, -0.15) is 0 Å². The van der Waals surface area contributed by atoms with E-state index in [1.807, 2.05) is 0 Å². The summed E-state index contributed by atoms with van der Waals surface area (Å²) in [6.07, 6.45) is 1.54. The summed E-state index contributed by atoms with van der Waals surface area (Å²) in [7, 11) is 1.56. The molecular weight excluding hydrogens is 254 g/mol. The van der Waals surface area contributed by atoms with Gasteiger partial charge >= 0.3 is 0 Å². The van der Waals surface area contributed by atoms with E-state index in [-0.39, 0.29) is 6.54 Å². The van der Waals surface area contributed by atoms with E-state index in [1.165, 1.54) is 12.8 Å². The first-order valence-corrected chi connectivity index (χ1v) is 6.42. The Hall–Kier alpha value is -0.970. The zero-order valence-electron chi connectivity index (χ0n) is 10.4. The third-order valence-electron chi connectivity index (χ3n) is 3.04. The lowest BCUT2D eigenvalue weighted by molar-refractivity contribution is 0.177. The van der Waals surface area contributed by atoms with Crippen LogP contribution in [0.15, 0.2) is 12.1 Å². The summed E-state index contributed by atoms with van der Waals surface area (Å²) in [5, 5.41) is 10.4. The highest BCUT2D eigenvalue weighted by atomic mass is 35.5. The highest BCUT2D eigenvalue weighted by Gasteiger charge is 2.25. The van der Waals surface area contributed by atoms with E-state index in [1.54, 1.807) is 19.2 Å². The maximum Gasteiger partial charge on any atom is 0.168 e. The van der Waals surface area contributed by atoms with Crippen molar-refractivity contribution < 1.29 is 14.6 Å². The molecule has 18 heavy (non-hydrogen) atoms. The summed E-state index contributed by atoms with van der Waals surface area (Å²) in [6, 6.07) is 3.41. The zero-order valence-corrected chi connectivity index (χ0v) is 11.1. The van der Waals surface area contributed by atoms with Crippen LogP contribution in [0.25, 0.3) is 0 Å². The van der Waals surface area contributed by atoms with Crippen molar-refractivity contribution in [1.29, 1.82) is 0 Å². The Kier molecular flexibility index (Phi) is 4.32. The Morgan fingerprint density at radius 3 is 2.78 bits per heavy atom. The molecule has 1 aromatic carbocycles. The molecule has 0 aromatic heterocycles. The molecule has 1 saturated carbocycles. The van der Waals surface area contributed by atoms with Crippen molar-refractivity contribution in [3.8, 4) is 11.5 Å². The maximum atomic E-state index is 9.95. The van der Waals surface area contributed by atoms with Crippen LogP contribution in [0.5, 0.6) is 11.5 Å². The van der Waals surface area contributed by atoms with E-state index in [4.69, 9.17) is 26.8 Å². The first-order valence-electron chi connectivity index (χ1n) is 6.04. The average molecular weight is 272 g/mol. The van der Waals surface area contributed by atoms with E-state index < -0.39 is 6.10 Å². The molecule has 1 atom stereocenters. The fraction of sp³-hybridized carbons (Fsp3) is 0.538. The van der Waals surface area contributed by atoms with Gasteiger partial charge in [0.05, 0.1) is 24.8 Å². The molecule has 0 aliphatic heterocycles. The number of hydrogen-bond acceptors (Lipinski definition) is 4. The number of rotatable bonds is 6. The first kappa shape index (κ1) is 13.5. The van der Waals surface area contributed by atoms with Crippen LogP contribution in [0, 0.1) is 5.92 Å². The first-order chi connectivity index (χ1) is 8.67. The van der Waals surface area contributed by atoms with Gasteiger partial charge in [-0.3, -0.25) is 0 Å². The molecule has 0 heterocycles. The topological polar surface area (TPSA) is 64.7 Å². The molecule has 0 radical (unpaired) electrons. The Morgan fingerprint density at radius 2 is 2.22 bits per heavy atom. The molecule has 100 valence electrons. The Labute approximate surface area is 112 Å². The molecule has 0 saturated heterocycles. The van der Waals surface area contributed by atoms with Crippen LogP contribution >= 0.6 is 11.6 Å². The Morgan fingerprint density at radius 1 is 1.50 bits per heavy atom. The van der Waals surface area contributed by atoms with Gasteiger partial charge in [-0.1, -0.05) is 11.6 Å². The monoisotopic (exact) mass is 271 g/mol. The number of benzene rings is 1. The molecule has 5 heteroatoms. The molecule has 2 rings (SSSR count). The summed E-state index contributed by atoms with van der Waals surface area (Å²) < 4.78 is 11.0. The SMILES string of the molecule is COc1ccc(Cl)c(C(O)CN)c1OCC1CC1. The second-order valence-corrected chi connectivity index (χ2v) is 4.91. The summed E-state index contributed by atoms with van der Waals surface area (Å²) >= 11 is 6.11. The molecule has 0 spiro atoms. The van der Waals surface area contributed by atoms with Crippen molar-refractivity contribution >= 4 is 11.6 Å². The molecular formula is C13H18ClNO3. The lowest BCUT2D eigenvalue weighted by atomic mass is 10.1. The van der Waals surface area contributed by atoms with E-state index in [0.29, 0.717) is 34.6 Å². The van der Waals surface area contributed by atoms with Crippen LogP contribution in [-0.4, -0.2) is 25.4 Å². The molecule has 1 fully saturated rings. The second kappa shape index (κ2) is 5.78. The largest absolute Gasteiger partial charge is 0.493 e. The van der Waals surface area contributed by atoms with Gasteiger partial charge in [0.15, 0.2) is 11.5 Å². The van der Waals surface area contributed by atoms with Gasteiger partial charge in [-0.15, -0.1) is 0 Å². The minimum absolute atomic E-state index is 0.0900. The van der Waals surface area contributed by atoms with Crippen LogP contribution in [-0.2, 0) is 0 Å². The lowest BCUT2D eigenvalue weighted by Gasteiger charge is -2.19. The minimum Gasteiger partial charge on any atom is -0.493 e. The second-order valence-electron chi connectivity index (χ2n) is 4.50. The van der Waals surface area contributed by atoms with Crippen molar-refractivity contribution in [2.75, 3.05) is 20.3 Å². The molecule has 1 aliphatic rings. The minimum atomic E-state index is -0.846. The van der Waals surface area contributed by atoms with Crippen LogP contribution in [0.3, 0.4) is 0 Å². The van der Waals surface area contributed by atoms with Gasteiger partial charge in [0, 0.05) is 12.1 Å². The van der Waals surface area contributed by atoms with Crippen molar-refractivity contribution in [2.24, 2.45) is 11.7 Å². The molecule has 3 N–H and O–H groups in total. The lowest BCUT2D eigenvalue weighted by Crippen LogP contribution is -2.14. The average Bonchev–Trinajstić information content (AvgIpc) is 3.19. The molecule has 0 amide bonds. The number of aliphatic hydroxyl groups is 1. The quantitative estimate of drug-likeness (QED) is 0.832. The number of nitrogens with two attached hydrogens (primary N) is 1. The predicted octanol–water partition coefficient (Wildman–Crippen LogP) is 2.13. The summed E-state index contributed by atoms with van der Waals surface area (Å²) in [4.78, 5) is 0. The van der Waals surface area contributed by atoms with E-state index in [0.717, 1.165) is 0 Å². The van der Waals surface area contributed by atoms with Crippen molar-refractivity contribution in [2.45, 2.75) is 18.9 Å². The maximum absolute atomic E-state index is 9.95. The van der Waals surface area contributed by atoms with Crippen LogP contribution in [0.4, 0.5) is 0 Å². The van der Waals surface area contributed by atoms with Crippen LogP contribution in [0.2, 0.25) is 5.02 Å². The van der Waals surface area contributed by atoms with Gasteiger partial charge in [-0.25, -0.2) is 0 Å². The molecule has 1 aromatic rings. The highest BCUT2D eigenvalue weighted by Crippen LogP contribution is 2.41. The molecule has 1 aliphatic carbocycles. The third kappa shape index (κ3) is 2.88. The van der Waals surface area contributed by atoms with Gasteiger partial charge < -0.3 is 20.3 Å². The fourth-order valence-electron chi connectivity index (χ4n) is 1.78. The third-order valence-corrected chi connectivity index (χ3v) is 3.37. The van der Waals surface area contributed by atoms with Crippen molar-refractivity contribution in [1.82, 2.24) is 0 Å². The van der Waals surface area contributed by atoms with Crippen molar-refractivity contribution in [3.05, 3.63) is 22.7 Å². The summed E-state index contributed by atoms with van der Waals surface area (Å²) in [5.74, 6) is 1.69. The zero-order chi connectivity index (χ0) is 13.1. The Bertz CT molecular complexity index is 421. The van der Waals surface area contributed by atoms with Gasteiger partial charge in [-0.05, 0) is 30.9 Å². The standard InChI is InChI=1S/C13H18ClNO3/c1-17-11-5-4-9(14)12(10(16)6-15)13(11)18-7-8-2-3-8/h4-5,8,10,16H,2-3,6-7,15H2,1H3. The predicted molar refractivity (Wildman–Crippen MR) is 70.2 cm³/mol. The number of ether oxygens (including phenoxy) is 2. The van der Waals surface area contributed by atoms with Crippen molar-refractivity contribution in [3.63, 3.8) is 0 Å². The number of methoxy groups -OCH3 is 1. The molecule has 4 nitrogen and oxygen atoms in total. The smallest absolute Gasteiger partial charge is 0.168 e. The van der Waals surface area contributed by atoms with E-state index in [2.05, 4.69) is 0 Å². The van der Waals surface area contributed by atoms with Crippen LogP contribution < -0.4 is 15.2 Å². The highest BCUT2D eigenvalue weighted by molar-refractivity contribution is 6.31. The van der Waals surface area contributed by atoms with Gasteiger partial charge in [0.1, 0.15) is 0 Å². The number of halogens is 1.